The van der Waals surface area contributed by atoms with Gasteiger partial charge in [-0.2, -0.15) is 0 Å². The van der Waals surface area contributed by atoms with E-state index in [0.29, 0.717) is 5.52 Å². The van der Waals surface area contributed by atoms with E-state index in [0.717, 1.165) is 9.86 Å². The van der Waals surface area contributed by atoms with Crippen LogP contribution in [0.1, 0.15) is 10.4 Å². The van der Waals surface area contributed by atoms with Crippen molar-refractivity contribution in [3.05, 3.63) is 40.5 Å². The maximum absolute atomic E-state index is 10.9. The van der Waals surface area contributed by atoms with Crippen LogP contribution in [0, 0.1) is 0 Å². The molecule has 1 N–H and O–H groups in total. The van der Waals surface area contributed by atoms with Gasteiger partial charge in [-0.15, -0.1) is 0 Å². The van der Waals surface area contributed by atoms with Gasteiger partial charge in [-0.3, -0.25) is 4.98 Å². The van der Waals surface area contributed by atoms with Gasteiger partial charge < -0.3 is 5.11 Å². The molecule has 0 aliphatic heterocycles. The van der Waals surface area contributed by atoms with E-state index in [2.05, 4.69) is 20.9 Å². The smallest absolute Gasteiger partial charge is 0.337 e. The van der Waals surface area contributed by atoms with Crippen LogP contribution in [0.5, 0.6) is 0 Å². The number of nitrogens with zero attached hydrogens (tertiary/aromatic N) is 1. The molecule has 0 saturated heterocycles. The summed E-state index contributed by atoms with van der Waals surface area (Å²) >= 11 is 3.35. The van der Waals surface area contributed by atoms with Gasteiger partial charge in [0.15, 0.2) is 0 Å². The highest BCUT2D eigenvalue weighted by Crippen LogP contribution is 2.24. The molecule has 0 aliphatic rings. The summed E-state index contributed by atoms with van der Waals surface area (Å²) in [5, 5.41) is 9.73. The molecule has 0 atom stereocenters. The fourth-order valence-corrected chi connectivity index (χ4v) is 1.75. The fourth-order valence-electron chi connectivity index (χ4n) is 1.31. The molecule has 2 rings (SSSR count). The number of hydrogen-bond donors (Lipinski definition) is 1. The van der Waals surface area contributed by atoms with E-state index in [1.54, 1.807) is 24.4 Å². The van der Waals surface area contributed by atoms with Crippen molar-refractivity contribution in [1.29, 1.82) is 0 Å². The summed E-state index contributed by atoms with van der Waals surface area (Å²) in [4.78, 5) is 14.9. The molecule has 1 aromatic heterocycles. The molecule has 0 radical (unpaired) electrons. The number of halogens is 1. The van der Waals surface area contributed by atoms with Gasteiger partial charge in [-0.25, -0.2) is 4.79 Å². The molecule has 0 spiro atoms. The Bertz CT molecular complexity index is 510. The molecule has 0 bridgehead atoms. The summed E-state index contributed by atoms with van der Waals surface area (Å²) in [6, 6.07) is 6.87. The van der Waals surface area contributed by atoms with E-state index in [-0.39, 0.29) is 5.56 Å². The predicted octanol–water partition coefficient (Wildman–Crippen LogP) is 2.70. The number of carboxylic acid groups (broad SMARTS) is 1. The Morgan fingerprint density at radius 1 is 1.36 bits per heavy atom. The van der Waals surface area contributed by atoms with Crippen LogP contribution in [0.25, 0.3) is 10.9 Å². The van der Waals surface area contributed by atoms with E-state index in [1.807, 2.05) is 6.07 Å². The maximum atomic E-state index is 10.9. The number of hydrogen-bond acceptors (Lipinski definition) is 2. The minimum Gasteiger partial charge on any atom is -0.478 e. The zero-order valence-electron chi connectivity index (χ0n) is 7.07. The van der Waals surface area contributed by atoms with Crippen molar-refractivity contribution in [1.82, 2.24) is 4.98 Å². The zero-order chi connectivity index (χ0) is 10.1. The standard InChI is InChI=1S/C10H6BrNO2/c11-8-4-5-12-9-6(8)2-1-3-7(9)10(13)14/h1-5H,(H,13,14). The number of para-hydroxylation sites is 1. The van der Waals surface area contributed by atoms with Crippen LogP contribution in [0.4, 0.5) is 0 Å². The topological polar surface area (TPSA) is 50.2 Å². The normalized spacial score (nSPS) is 10.4. The molecule has 0 fully saturated rings. The molecule has 0 unspecified atom stereocenters. The van der Waals surface area contributed by atoms with Gasteiger partial charge in [0, 0.05) is 16.1 Å². The Labute approximate surface area is 88.5 Å². The van der Waals surface area contributed by atoms with Gasteiger partial charge in [0.1, 0.15) is 0 Å². The molecule has 0 aliphatic carbocycles. The molecule has 14 heavy (non-hydrogen) atoms. The van der Waals surface area contributed by atoms with E-state index < -0.39 is 5.97 Å². The Morgan fingerprint density at radius 2 is 2.14 bits per heavy atom. The Balaban J connectivity index is 2.88. The van der Waals surface area contributed by atoms with Gasteiger partial charge in [-0.1, -0.05) is 28.1 Å². The van der Waals surface area contributed by atoms with Gasteiger partial charge >= 0.3 is 5.97 Å². The Hall–Kier alpha value is -1.42. The lowest BCUT2D eigenvalue weighted by Gasteiger charge is -2.02. The number of aromatic nitrogens is 1. The molecular weight excluding hydrogens is 246 g/mol. The highest BCUT2D eigenvalue weighted by molar-refractivity contribution is 9.10. The van der Waals surface area contributed by atoms with E-state index in [1.165, 1.54) is 0 Å². The Kier molecular flexibility index (Phi) is 2.21. The predicted molar refractivity (Wildman–Crippen MR) is 56.4 cm³/mol. The van der Waals surface area contributed by atoms with Gasteiger partial charge in [-0.05, 0) is 12.1 Å². The number of rotatable bonds is 1. The lowest BCUT2D eigenvalue weighted by atomic mass is 10.1. The third-order valence-electron chi connectivity index (χ3n) is 1.95. The lowest BCUT2D eigenvalue weighted by molar-refractivity contribution is 0.0699. The summed E-state index contributed by atoms with van der Waals surface area (Å²) in [5.41, 5.74) is 0.734. The lowest BCUT2D eigenvalue weighted by Crippen LogP contribution is -1.98. The van der Waals surface area contributed by atoms with Crippen LogP contribution >= 0.6 is 15.9 Å². The van der Waals surface area contributed by atoms with Crippen molar-refractivity contribution >= 4 is 32.8 Å². The highest BCUT2D eigenvalue weighted by Gasteiger charge is 2.09. The monoisotopic (exact) mass is 251 g/mol. The van der Waals surface area contributed by atoms with Crippen molar-refractivity contribution in [2.75, 3.05) is 0 Å². The molecule has 70 valence electrons. The van der Waals surface area contributed by atoms with Crippen molar-refractivity contribution in [3.8, 4) is 0 Å². The van der Waals surface area contributed by atoms with E-state index in [4.69, 9.17) is 5.11 Å². The highest BCUT2D eigenvalue weighted by atomic mass is 79.9. The molecule has 2 aromatic rings. The number of fused-ring (bicyclic) bond motifs is 1. The molecule has 3 nitrogen and oxygen atoms in total. The van der Waals surface area contributed by atoms with Crippen molar-refractivity contribution in [2.45, 2.75) is 0 Å². The first kappa shape index (κ1) is 9.15. The Morgan fingerprint density at radius 3 is 2.86 bits per heavy atom. The maximum Gasteiger partial charge on any atom is 0.337 e. The quantitative estimate of drug-likeness (QED) is 0.848. The van der Waals surface area contributed by atoms with E-state index >= 15 is 0 Å². The van der Waals surface area contributed by atoms with Crippen LogP contribution in [0.2, 0.25) is 0 Å². The average Bonchev–Trinajstić information content (AvgIpc) is 2.17. The number of carboxylic acids is 1. The summed E-state index contributed by atoms with van der Waals surface area (Å²) in [5.74, 6) is -0.957. The SMILES string of the molecule is O=C(O)c1cccc2c(Br)ccnc12. The third kappa shape index (κ3) is 1.37. The number of benzene rings is 1. The number of aromatic carboxylic acids is 1. The summed E-state index contributed by atoms with van der Waals surface area (Å²) < 4.78 is 0.852. The average molecular weight is 252 g/mol. The molecule has 0 amide bonds. The molecule has 1 heterocycles. The van der Waals surface area contributed by atoms with Crippen molar-refractivity contribution in [2.24, 2.45) is 0 Å². The molecule has 4 heteroatoms. The largest absolute Gasteiger partial charge is 0.478 e. The van der Waals surface area contributed by atoms with Crippen LogP contribution < -0.4 is 0 Å². The van der Waals surface area contributed by atoms with Gasteiger partial charge in [0.2, 0.25) is 0 Å². The van der Waals surface area contributed by atoms with Gasteiger partial charge in [0.25, 0.3) is 0 Å². The first-order chi connectivity index (χ1) is 6.70. The second-order valence-electron chi connectivity index (χ2n) is 2.80. The second-order valence-corrected chi connectivity index (χ2v) is 3.65. The first-order valence-electron chi connectivity index (χ1n) is 3.96. The van der Waals surface area contributed by atoms with Crippen molar-refractivity contribution < 1.29 is 9.90 Å². The molecule has 0 saturated carbocycles. The summed E-state index contributed by atoms with van der Waals surface area (Å²) in [6.45, 7) is 0. The van der Waals surface area contributed by atoms with Crippen LogP contribution in [-0.4, -0.2) is 16.1 Å². The zero-order valence-corrected chi connectivity index (χ0v) is 8.65. The van der Waals surface area contributed by atoms with E-state index in [9.17, 15) is 4.79 Å². The minimum absolute atomic E-state index is 0.226. The van der Waals surface area contributed by atoms with Crippen LogP contribution in [0.15, 0.2) is 34.9 Å². The molecule has 1 aromatic carbocycles. The first-order valence-corrected chi connectivity index (χ1v) is 4.76. The van der Waals surface area contributed by atoms with Crippen molar-refractivity contribution in [3.63, 3.8) is 0 Å². The van der Waals surface area contributed by atoms with Gasteiger partial charge in [0.05, 0.1) is 11.1 Å². The number of carbonyl (C=O) groups is 1. The summed E-state index contributed by atoms with van der Waals surface area (Å²) in [6.07, 6.45) is 1.58. The van der Waals surface area contributed by atoms with Crippen LogP contribution in [-0.2, 0) is 0 Å². The van der Waals surface area contributed by atoms with Crippen LogP contribution in [0.3, 0.4) is 0 Å². The third-order valence-corrected chi connectivity index (χ3v) is 2.64. The fraction of sp³-hybridized carbons (Fsp3) is 0. The number of pyridine rings is 1. The minimum atomic E-state index is -0.957. The second kappa shape index (κ2) is 3.38. The molecular formula is C10H6BrNO2. The summed E-state index contributed by atoms with van der Waals surface area (Å²) in [7, 11) is 0.